The van der Waals surface area contributed by atoms with Crippen molar-refractivity contribution < 1.29 is 14.0 Å². The molecule has 0 aliphatic carbocycles. The summed E-state index contributed by atoms with van der Waals surface area (Å²) in [6.07, 6.45) is 0. The van der Waals surface area contributed by atoms with Crippen LogP contribution in [0.5, 0.6) is 0 Å². The number of nitrogens with zero attached hydrogens (tertiary/aromatic N) is 3. The van der Waals surface area contributed by atoms with Gasteiger partial charge in [0.05, 0.1) is 17.3 Å². The lowest BCUT2D eigenvalue weighted by atomic mass is 9.99. The van der Waals surface area contributed by atoms with E-state index in [1.165, 1.54) is 11.3 Å². The zero-order valence-corrected chi connectivity index (χ0v) is 12.2. The molecule has 1 aliphatic rings. The van der Waals surface area contributed by atoms with Crippen molar-refractivity contribution in [3.05, 3.63) is 34.2 Å². The average Bonchev–Trinajstić information content (AvgIpc) is 3.05. The van der Waals surface area contributed by atoms with E-state index in [4.69, 9.17) is 4.42 Å². The quantitative estimate of drug-likeness (QED) is 0.904. The molecule has 1 aliphatic heterocycles. The molecule has 1 saturated heterocycles. The maximum Gasteiger partial charge on any atom is 0.263 e. The Morgan fingerprint density at radius 3 is 2.90 bits per heavy atom. The van der Waals surface area contributed by atoms with Gasteiger partial charge < -0.3 is 14.6 Å². The third-order valence-corrected chi connectivity index (χ3v) is 4.11. The van der Waals surface area contributed by atoms with E-state index in [0.717, 1.165) is 0 Å². The standard InChI is InChI=1S/C13H14N4O3S/c1-8-15-16-11(20-8)5-14-12(18)9-6-17(7-9)13(19)10-3-2-4-21-10/h2-4,9H,5-7H2,1H3,(H,14,18). The van der Waals surface area contributed by atoms with E-state index in [1.54, 1.807) is 17.9 Å². The minimum absolute atomic E-state index is 0.0124. The highest BCUT2D eigenvalue weighted by Gasteiger charge is 2.36. The van der Waals surface area contributed by atoms with Crippen LogP contribution in [-0.2, 0) is 11.3 Å². The van der Waals surface area contributed by atoms with Crippen LogP contribution in [0.1, 0.15) is 21.5 Å². The Balaban J connectivity index is 1.45. The number of aryl methyl sites for hydroxylation is 1. The van der Waals surface area contributed by atoms with Crippen molar-refractivity contribution in [3.8, 4) is 0 Å². The van der Waals surface area contributed by atoms with Gasteiger partial charge in [0.15, 0.2) is 0 Å². The molecule has 2 amide bonds. The highest BCUT2D eigenvalue weighted by Crippen LogP contribution is 2.21. The molecule has 2 aromatic rings. The van der Waals surface area contributed by atoms with Gasteiger partial charge in [-0.3, -0.25) is 9.59 Å². The maximum absolute atomic E-state index is 12.0. The van der Waals surface area contributed by atoms with Crippen LogP contribution in [0, 0.1) is 12.8 Å². The van der Waals surface area contributed by atoms with Crippen LogP contribution in [0.4, 0.5) is 0 Å². The molecule has 3 rings (SSSR count). The predicted octanol–water partition coefficient (Wildman–Crippen LogP) is 0.828. The van der Waals surface area contributed by atoms with Crippen LogP contribution in [0.25, 0.3) is 0 Å². The Morgan fingerprint density at radius 2 is 2.29 bits per heavy atom. The van der Waals surface area contributed by atoms with E-state index < -0.39 is 0 Å². The van der Waals surface area contributed by atoms with Gasteiger partial charge in [-0.2, -0.15) is 0 Å². The monoisotopic (exact) mass is 306 g/mol. The van der Waals surface area contributed by atoms with Crippen molar-refractivity contribution in [3.63, 3.8) is 0 Å². The van der Waals surface area contributed by atoms with Crippen LogP contribution in [0.3, 0.4) is 0 Å². The van der Waals surface area contributed by atoms with Gasteiger partial charge in [0.25, 0.3) is 5.91 Å². The molecule has 0 aromatic carbocycles. The van der Waals surface area contributed by atoms with Gasteiger partial charge >= 0.3 is 0 Å². The lowest BCUT2D eigenvalue weighted by molar-refractivity contribution is -0.129. The molecule has 0 saturated carbocycles. The second-order valence-corrected chi connectivity index (χ2v) is 5.76. The van der Waals surface area contributed by atoms with E-state index in [2.05, 4.69) is 15.5 Å². The number of carbonyl (C=O) groups is 2. The summed E-state index contributed by atoms with van der Waals surface area (Å²) in [5, 5.41) is 12.1. The Kier molecular flexibility index (Phi) is 3.70. The third kappa shape index (κ3) is 2.94. The highest BCUT2D eigenvalue weighted by molar-refractivity contribution is 7.12. The molecule has 21 heavy (non-hydrogen) atoms. The van der Waals surface area contributed by atoms with Gasteiger partial charge in [0.2, 0.25) is 17.7 Å². The number of amides is 2. The Labute approximate surface area is 125 Å². The van der Waals surface area contributed by atoms with Gasteiger partial charge in [0.1, 0.15) is 0 Å². The molecule has 7 nitrogen and oxygen atoms in total. The zero-order chi connectivity index (χ0) is 14.8. The predicted molar refractivity (Wildman–Crippen MR) is 74.6 cm³/mol. The van der Waals surface area contributed by atoms with Gasteiger partial charge in [-0.15, -0.1) is 21.5 Å². The highest BCUT2D eigenvalue weighted by atomic mass is 32.1. The normalized spacial score (nSPS) is 14.8. The first-order valence-corrected chi connectivity index (χ1v) is 7.41. The van der Waals surface area contributed by atoms with Gasteiger partial charge in [-0.1, -0.05) is 6.07 Å². The van der Waals surface area contributed by atoms with E-state index in [0.29, 0.717) is 29.7 Å². The smallest absolute Gasteiger partial charge is 0.263 e. The van der Waals surface area contributed by atoms with Crippen LogP contribution < -0.4 is 5.32 Å². The van der Waals surface area contributed by atoms with Crippen molar-refractivity contribution in [1.29, 1.82) is 0 Å². The lowest BCUT2D eigenvalue weighted by Gasteiger charge is -2.37. The first kappa shape index (κ1) is 13.7. The number of carbonyl (C=O) groups excluding carboxylic acids is 2. The summed E-state index contributed by atoms with van der Waals surface area (Å²) in [6.45, 7) is 2.81. The summed E-state index contributed by atoms with van der Waals surface area (Å²) >= 11 is 1.41. The minimum atomic E-state index is -0.169. The topological polar surface area (TPSA) is 88.3 Å². The zero-order valence-electron chi connectivity index (χ0n) is 11.4. The van der Waals surface area contributed by atoms with Crippen molar-refractivity contribution in [2.45, 2.75) is 13.5 Å². The largest absolute Gasteiger partial charge is 0.424 e. The molecular weight excluding hydrogens is 292 g/mol. The molecular formula is C13H14N4O3S. The SMILES string of the molecule is Cc1nnc(CNC(=O)C2CN(C(=O)c3cccs3)C2)o1. The molecule has 0 radical (unpaired) electrons. The first-order valence-electron chi connectivity index (χ1n) is 6.53. The lowest BCUT2D eigenvalue weighted by Crippen LogP contribution is -2.55. The Bertz CT molecular complexity index is 646. The van der Waals surface area contributed by atoms with Crippen molar-refractivity contribution in [2.24, 2.45) is 5.92 Å². The molecule has 1 fully saturated rings. The maximum atomic E-state index is 12.0. The van der Waals surface area contributed by atoms with E-state index in [-0.39, 0.29) is 24.3 Å². The Morgan fingerprint density at radius 1 is 1.48 bits per heavy atom. The number of hydrogen-bond donors (Lipinski definition) is 1. The number of rotatable bonds is 4. The molecule has 0 bridgehead atoms. The fraction of sp³-hybridized carbons (Fsp3) is 0.385. The molecule has 0 atom stereocenters. The van der Waals surface area contributed by atoms with Crippen molar-refractivity contribution in [2.75, 3.05) is 13.1 Å². The Hall–Kier alpha value is -2.22. The summed E-state index contributed by atoms with van der Waals surface area (Å²) in [5.74, 6) is 0.572. The molecule has 8 heteroatoms. The van der Waals surface area contributed by atoms with Crippen molar-refractivity contribution >= 4 is 23.2 Å². The average molecular weight is 306 g/mol. The fourth-order valence-electron chi connectivity index (χ4n) is 2.08. The van der Waals surface area contributed by atoms with E-state index >= 15 is 0 Å². The van der Waals surface area contributed by atoms with E-state index in [9.17, 15) is 9.59 Å². The van der Waals surface area contributed by atoms with Crippen LogP contribution >= 0.6 is 11.3 Å². The summed E-state index contributed by atoms with van der Waals surface area (Å²) in [6, 6.07) is 3.63. The second kappa shape index (κ2) is 5.65. The minimum Gasteiger partial charge on any atom is -0.424 e. The summed E-state index contributed by atoms with van der Waals surface area (Å²) in [7, 11) is 0. The molecule has 2 aromatic heterocycles. The third-order valence-electron chi connectivity index (χ3n) is 3.25. The van der Waals surface area contributed by atoms with Gasteiger partial charge in [-0.25, -0.2) is 0 Å². The van der Waals surface area contributed by atoms with Gasteiger partial charge in [-0.05, 0) is 11.4 Å². The molecule has 1 N–H and O–H groups in total. The summed E-state index contributed by atoms with van der Waals surface area (Å²) < 4.78 is 5.17. The second-order valence-electron chi connectivity index (χ2n) is 4.82. The molecule has 3 heterocycles. The summed E-state index contributed by atoms with van der Waals surface area (Å²) in [4.78, 5) is 26.3. The van der Waals surface area contributed by atoms with Crippen LogP contribution in [0.2, 0.25) is 0 Å². The molecule has 0 spiro atoms. The number of likely N-dealkylation sites (tertiary alicyclic amines) is 1. The molecule has 110 valence electrons. The fourth-order valence-corrected chi connectivity index (χ4v) is 2.77. The molecule has 0 unspecified atom stereocenters. The number of hydrogen-bond acceptors (Lipinski definition) is 6. The first-order chi connectivity index (χ1) is 10.1. The number of aromatic nitrogens is 2. The van der Waals surface area contributed by atoms with Gasteiger partial charge in [0, 0.05) is 20.0 Å². The number of thiophene rings is 1. The van der Waals surface area contributed by atoms with Crippen molar-refractivity contribution in [1.82, 2.24) is 20.4 Å². The summed E-state index contributed by atoms with van der Waals surface area (Å²) in [5.41, 5.74) is 0. The van der Waals surface area contributed by atoms with Crippen LogP contribution in [0.15, 0.2) is 21.9 Å². The van der Waals surface area contributed by atoms with E-state index in [1.807, 2.05) is 11.4 Å². The van der Waals surface area contributed by atoms with Crippen LogP contribution in [-0.4, -0.2) is 40.0 Å². The number of nitrogens with one attached hydrogen (secondary N) is 1.